The predicted molar refractivity (Wildman–Crippen MR) is 173 cm³/mol. The van der Waals surface area contributed by atoms with Gasteiger partial charge in [-0.2, -0.15) is 0 Å². The molecule has 0 atom stereocenters. The van der Waals surface area contributed by atoms with E-state index in [0.717, 1.165) is 48.4 Å². The van der Waals surface area contributed by atoms with Gasteiger partial charge in [-0.05, 0) is 81.8 Å². The number of carbonyl (C=O) groups is 2. The molecule has 0 heterocycles. The first kappa shape index (κ1) is 34.1. The fraction of sp³-hybridized carbons (Fsp3) is 0.576. The summed E-state index contributed by atoms with van der Waals surface area (Å²) in [6.07, 6.45) is 13.1. The van der Waals surface area contributed by atoms with Crippen molar-refractivity contribution in [3.05, 3.63) is 59.7 Å². The molecule has 0 radical (unpaired) electrons. The summed E-state index contributed by atoms with van der Waals surface area (Å²) in [6, 6.07) is 15.3. The molecule has 2 aromatic carbocycles. The second-order valence-electron chi connectivity index (χ2n) is 11.1. The van der Waals surface area contributed by atoms with Gasteiger partial charge in [0.05, 0.1) is 13.3 Å². The van der Waals surface area contributed by atoms with Gasteiger partial charge in [0.1, 0.15) is 0 Å². The van der Waals surface area contributed by atoms with Crippen LogP contribution in [0.4, 0.5) is 21.0 Å². The Morgan fingerprint density at radius 1 is 0.610 bits per heavy atom. The van der Waals surface area contributed by atoms with E-state index in [2.05, 4.69) is 44.9 Å². The first-order chi connectivity index (χ1) is 19.9. The molecule has 0 aliphatic rings. The van der Waals surface area contributed by atoms with Crippen molar-refractivity contribution < 1.29 is 9.59 Å². The highest BCUT2D eigenvalue weighted by molar-refractivity contribution is 5.89. The summed E-state index contributed by atoms with van der Waals surface area (Å²) < 4.78 is 0. The van der Waals surface area contributed by atoms with Gasteiger partial charge >= 0.3 is 12.1 Å². The summed E-state index contributed by atoms with van der Waals surface area (Å²) in [5.74, 6) is 0. The van der Waals surface area contributed by atoms with Crippen LogP contribution in [0, 0.1) is 0 Å². The lowest BCUT2D eigenvalue weighted by molar-refractivity contribution is 0.239. The highest BCUT2D eigenvalue weighted by Gasteiger charge is 2.07. The van der Waals surface area contributed by atoms with Crippen molar-refractivity contribution in [3.63, 3.8) is 0 Å². The van der Waals surface area contributed by atoms with Gasteiger partial charge in [0, 0.05) is 11.4 Å². The Hall–Kier alpha value is -3.10. The number of nitrogens with one attached hydrogen (secondary N) is 4. The lowest BCUT2D eigenvalue weighted by atomic mass is 10.0. The number of anilines is 2. The van der Waals surface area contributed by atoms with Gasteiger partial charge in [-0.3, -0.25) is 9.80 Å². The van der Waals surface area contributed by atoms with Gasteiger partial charge < -0.3 is 21.3 Å². The zero-order valence-corrected chi connectivity index (χ0v) is 25.9. The Balaban J connectivity index is 1.75. The Labute approximate surface area is 248 Å². The number of benzene rings is 2. The molecule has 0 fully saturated rings. The van der Waals surface area contributed by atoms with Crippen LogP contribution >= 0.6 is 0 Å². The van der Waals surface area contributed by atoms with Crippen molar-refractivity contribution in [1.82, 2.24) is 20.4 Å². The van der Waals surface area contributed by atoms with Crippen LogP contribution in [0.2, 0.25) is 0 Å². The molecule has 4 N–H and O–H groups in total. The zero-order valence-electron chi connectivity index (χ0n) is 25.9. The van der Waals surface area contributed by atoms with E-state index in [0.29, 0.717) is 19.8 Å². The van der Waals surface area contributed by atoms with E-state index >= 15 is 0 Å². The van der Waals surface area contributed by atoms with Crippen molar-refractivity contribution >= 4 is 23.4 Å². The largest absolute Gasteiger partial charge is 0.325 e. The molecule has 4 amide bonds. The monoisotopic (exact) mass is 566 g/mol. The van der Waals surface area contributed by atoms with Crippen LogP contribution in [0.25, 0.3) is 0 Å². The molecule has 0 saturated heterocycles. The van der Waals surface area contributed by atoms with E-state index in [9.17, 15) is 9.59 Å². The molecular weight excluding hydrogens is 512 g/mol. The molecule has 41 heavy (non-hydrogen) atoms. The van der Waals surface area contributed by atoms with Gasteiger partial charge in [0.25, 0.3) is 0 Å². The second kappa shape index (κ2) is 20.7. The minimum absolute atomic E-state index is 0.209. The summed E-state index contributed by atoms with van der Waals surface area (Å²) >= 11 is 0. The molecular formula is C33H54N6O2. The van der Waals surface area contributed by atoms with Crippen molar-refractivity contribution in [2.45, 2.75) is 84.5 Å². The lowest BCUT2D eigenvalue weighted by Crippen LogP contribution is -2.38. The molecule has 0 spiro atoms. The molecule has 2 aromatic rings. The van der Waals surface area contributed by atoms with Crippen molar-refractivity contribution in [3.8, 4) is 0 Å². The van der Waals surface area contributed by atoms with Crippen LogP contribution in [0.15, 0.2) is 48.5 Å². The Bertz CT molecular complexity index is 935. The van der Waals surface area contributed by atoms with Gasteiger partial charge in [-0.25, -0.2) is 9.59 Å². The number of hydrogen-bond donors (Lipinski definition) is 4. The van der Waals surface area contributed by atoms with Crippen molar-refractivity contribution in [1.29, 1.82) is 0 Å². The van der Waals surface area contributed by atoms with Crippen LogP contribution in [0.3, 0.4) is 0 Å². The van der Waals surface area contributed by atoms with E-state index in [4.69, 9.17) is 0 Å². The third-order valence-corrected chi connectivity index (χ3v) is 7.08. The maximum absolute atomic E-state index is 12.4. The maximum Gasteiger partial charge on any atom is 0.320 e. The van der Waals surface area contributed by atoms with E-state index in [1.165, 1.54) is 51.4 Å². The van der Waals surface area contributed by atoms with E-state index in [1.54, 1.807) is 0 Å². The number of rotatable bonds is 20. The van der Waals surface area contributed by atoms with Crippen LogP contribution in [0.5, 0.6) is 0 Å². The number of urea groups is 2. The van der Waals surface area contributed by atoms with Gasteiger partial charge in [0.15, 0.2) is 0 Å². The zero-order chi connectivity index (χ0) is 29.7. The third-order valence-electron chi connectivity index (χ3n) is 7.08. The molecule has 8 nitrogen and oxygen atoms in total. The molecule has 0 saturated carbocycles. The van der Waals surface area contributed by atoms with Crippen molar-refractivity contribution in [2.24, 2.45) is 0 Å². The van der Waals surface area contributed by atoms with Crippen LogP contribution in [0.1, 0.15) is 89.2 Å². The molecule has 0 aliphatic carbocycles. The highest BCUT2D eigenvalue weighted by atomic mass is 16.2. The average Bonchev–Trinajstić information content (AvgIpc) is 2.95. The quantitative estimate of drug-likeness (QED) is 0.100. The summed E-state index contributed by atoms with van der Waals surface area (Å²) in [4.78, 5) is 29.1. The fourth-order valence-electron chi connectivity index (χ4n) is 4.65. The van der Waals surface area contributed by atoms with Crippen LogP contribution < -0.4 is 21.3 Å². The van der Waals surface area contributed by atoms with Crippen molar-refractivity contribution in [2.75, 3.05) is 51.2 Å². The van der Waals surface area contributed by atoms with Crippen LogP contribution in [-0.4, -0.2) is 62.4 Å². The number of nitrogens with zero attached hydrogens (tertiary/aromatic N) is 2. The average molecular weight is 567 g/mol. The molecule has 0 bridgehead atoms. The summed E-state index contributed by atoms with van der Waals surface area (Å²) in [5, 5.41) is 11.8. The third kappa shape index (κ3) is 16.1. The van der Waals surface area contributed by atoms with E-state index < -0.39 is 0 Å². The van der Waals surface area contributed by atoms with Crippen LogP contribution in [-0.2, 0) is 6.42 Å². The molecule has 2 rings (SSSR count). The number of hydrogen-bond acceptors (Lipinski definition) is 4. The Morgan fingerprint density at radius 3 is 1.44 bits per heavy atom. The minimum Gasteiger partial charge on any atom is -0.325 e. The van der Waals surface area contributed by atoms with Gasteiger partial charge in [-0.1, -0.05) is 89.5 Å². The SMILES string of the molecule is CCCCCCCN(C)CNC(=O)Nc1cccc(Cc2cccc(NC(=O)NCN(C)CCCCCCC)c2)c1. The minimum atomic E-state index is -0.209. The molecule has 0 aromatic heterocycles. The number of unbranched alkanes of at least 4 members (excludes halogenated alkanes) is 8. The fourth-order valence-corrected chi connectivity index (χ4v) is 4.65. The second-order valence-corrected chi connectivity index (χ2v) is 11.1. The molecule has 228 valence electrons. The summed E-state index contributed by atoms with van der Waals surface area (Å²) in [7, 11) is 4.06. The predicted octanol–water partition coefficient (Wildman–Crippen LogP) is 7.24. The summed E-state index contributed by atoms with van der Waals surface area (Å²) in [6.45, 7) is 7.43. The van der Waals surface area contributed by atoms with E-state index in [1.807, 2.05) is 62.6 Å². The normalized spacial score (nSPS) is 11.1. The maximum atomic E-state index is 12.4. The highest BCUT2D eigenvalue weighted by Crippen LogP contribution is 2.18. The first-order valence-corrected chi connectivity index (χ1v) is 15.5. The van der Waals surface area contributed by atoms with Gasteiger partial charge in [0.2, 0.25) is 0 Å². The molecule has 0 unspecified atom stereocenters. The lowest BCUT2D eigenvalue weighted by Gasteiger charge is -2.18. The molecule has 8 heteroatoms. The first-order valence-electron chi connectivity index (χ1n) is 15.5. The van der Waals surface area contributed by atoms with E-state index in [-0.39, 0.29) is 12.1 Å². The number of amides is 4. The number of carbonyl (C=O) groups excluding carboxylic acids is 2. The topological polar surface area (TPSA) is 88.7 Å². The smallest absolute Gasteiger partial charge is 0.320 e. The Morgan fingerprint density at radius 2 is 1.02 bits per heavy atom. The standard InChI is InChI=1S/C33H54N6O2/c1-5-7-9-11-13-21-38(3)26-34-32(40)36-30-19-15-17-28(24-30)23-29-18-16-20-31(25-29)37-33(41)35-27-39(4)22-14-12-10-8-6-2/h15-20,24-25H,5-14,21-23,26-27H2,1-4H3,(H2,34,36,40)(H2,35,37,41). The summed E-state index contributed by atoms with van der Waals surface area (Å²) in [5.41, 5.74) is 3.67. The van der Waals surface area contributed by atoms with Gasteiger partial charge in [-0.15, -0.1) is 0 Å². The molecule has 0 aliphatic heterocycles. The Kier molecular flexibility index (Phi) is 17.2.